The fourth-order valence-corrected chi connectivity index (χ4v) is 11.7. The lowest BCUT2D eigenvalue weighted by Crippen LogP contribution is -2.28. The van der Waals surface area contributed by atoms with E-state index in [1.54, 1.807) is 0 Å². The average molecular weight is 828 g/mol. The molecule has 0 radical (unpaired) electrons. The molecular weight excluding hydrogens is 783 g/mol. The van der Waals surface area contributed by atoms with E-state index < -0.39 is 5.41 Å². The van der Waals surface area contributed by atoms with Crippen LogP contribution < -0.4 is 0 Å². The van der Waals surface area contributed by atoms with Crippen molar-refractivity contribution in [1.29, 1.82) is 0 Å². The zero-order valence-corrected chi connectivity index (χ0v) is 35.9. The number of hydrogen-bond donors (Lipinski definition) is 0. The fraction of sp³-hybridized carbons (Fsp3) is 0.0625. The number of para-hydroxylation sites is 2. The minimum Gasteiger partial charge on any atom is -0.309 e. The van der Waals surface area contributed by atoms with Crippen LogP contribution in [0.4, 0.5) is 0 Å². The van der Waals surface area contributed by atoms with Crippen molar-refractivity contribution in [1.82, 2.24) is 4.57 Å². The van der Waals surface area contributed by atoms with Gasteiger partial charge in [0.25, 0.3) is 0 Å². The summed E-state index contributed by atoms with van der Waals surface area (Å²) in [6.07, 6.45) is 0. The highest BCUT2D eigenvalue weighted by Crippen LogP contribution is 2.67. The number of fused-ring (bicyclic) bond motifs is 6. The van der Waals surface area contributed by atoms with Crippen molar-refractivity contribution >= 4 is 21.8 Å². The molecule has 1 heteroatoms. The number of nitrogens with zero attached hydrogens (tertiary/aromatic N) is 1. The molecule has 0 N–H and O–H groups in total. The Morgan fingerprint density at radius 3 is 1.54 bits per heavy atom. The number of rotatable bonds is 8. The maximum Gasteiger partial charge on any atom is 0.0713 e. The first-order valence-corrected chi connectivity index (χ1v) is 23.0. The Kier molecular flexibility index (Phi) is 8.71. The van der Waals surface area contributed by atoms with E-state index in [1.807, 2.05) is 0 Å². The normalized spacial score (nSPS) is 16.9. The van der Waals surface area contributed by atoms with Crippen LogP contribution in [-0.2, 0) is 5.41 Å². The summed E-state index contributed by atoms with van der Waals surface area (Å²) in [7, 11) is 0. The van der Waals surface area contributed by atoms with Crippen molar-refractivity contribution < 1.29 is 0 Å². The summed E-state index contributed by atoms with van der Waals surface area (Å²) in [5.41, 5.74) is 20.3. The van der Waals surface area contributed by atoms with Crippen molar-refractivity contribution in [2.24, 2.45) is 0 Å². The number of aromatic nitrogens is 1. The summed E-state index contributed by atoms with van der Waals surface area (Å²) >= 11 is 0. The van der Waals surface area contributed by atoms with Gasteiger partial charge in [0.1, 0.15) is 0 Å². The van der Waals surface area contributed by atoms with Crippen LogP contribution in [0.15, 0.2) is 255 Å². The second-order valence-corrected chi connectivity index (χ2v) is 17.9. The molecule has 0 saturated heterocycles. The van der Waals surface area contributed by atoms with Gasteiger partial charge in [0.15, 0.2) is 0 Å². The highest BCUT2D eigenvalue weighted by molar-refractivity contribution is 6.10. The highest BCUT2D eigenvalue weighted by Gasteiger charge is 2.54. The molecule has 10 aromatic carbocycles. The third-order valence-corrected chi connectivity index (χ3v) is 14.6. The Bertz CT molecular complexity index is 3490. The Morgan fingerprint density at radius 1 is 0.292 bits per heavy atom. The summed E-state index contributed by atoms with van der Waals surface area (Å²) in [6.45, 7) is 0. The van der Waals surface area contributed by atoms with Crippen molar-refractivity contribution in [2.75, 3.05) is 0 Å². The minimum absolute atomic E-state index is 0.308. The van der Waals surface area contributed by atoms with Gasteiger partial charge in [-0.1, -0.05) is 231 Å². The van der Waals surface area contributed by atoms with Gasteiger partial charge in [-0.2, -0.15) is 0 Å². The van der Waals surface area contributed by atoms with Gasteiger partial charge in [-0.15, -0.1) is 0 Å². The summed E-state index contributed by atoms with van der Waals surface area (Å²) in [4.78, 5) is 0. The van der Waals surface area contributed by atoms with Crippen LogP contribution in [0.5, 0.6) is 0 Å². The molecule has 3 unspecified atom stereocenters. The maximum absolute atomic E-state index is 2.59. The van der Waals surface area contributed by atoms with Crippen LogP contribution in [0.2, 0.25) is 0 Å². The first kappa shape index (κ1) is 37.5. The SMILES string of the molecule is c1ccc(-c2cccc(C3C(c4ccc(-c5ccc6c7ccccc7n(-c7ccccc7)c6c5)cc4)C3c3ccc4c(c3)C(c3ccccc3)(c3ccccc3)c3ccccc3-4)c2)cc1. The molecule has 306 valence electrons. The van der Waals surface area contributed by atoms with Crippen LogP contribution in [-0.4, -0.2) is 4.57 Å². The van der Waals surface area contributed by atoms with E-state index in [9.17, 15) is 0 Å². The van der Waals surface area contributed by atoms with Gasteiger partial charge >= 0.3 is 0 Å². The summed E-state index contributed by atoms with van der Waals surface area (Å²) in [5.74, 6) is 0.957. The van der Waals surface area contributed by atoms with Gasteiger partial charge in [-0.25, -0.2) is 0 Å². The van der Waals surface area contributed by atoms with Crippen LogP contribution in [0.1, 0.15) is 56.7 Å². The highest BCUT2D eigenvalue weighted by atomic mass is 15.0. The van der Waals surface area contributed by atoms with E-state index >= 15 is 0 Å². The molecule has 2 aliphatic rings. The molecule has 2 aliphatic carbocycles. The Labute approximate surface area is 380 Å². The largest absolute Gasteiger partial charge is 0.309 e. The second-order valence-electron chi connectivity index (χ2n) is 17.9. The molecule has 1 heterocycles. The monoisotopic (exact) mass is 827 g/mol. The molecule has 0 spiro atoms. The van der Waals surface area contributed by atoms with Gasteiger partial charge < -0.3 is 4.57 Å². The molecule has 0 aliphatic heterocycles. The molecule has 13 rings (SSSR count). The van der Waals surface area contributed by atoms with E-state index in [0.717, 1.165) is 0 Å². The average Bonchev–Trinajstić information content (AvgIpc) is 3.95. The van der Waals surface area contributed by atoms with Gasteiger partial charge in [0.05, 0.1) is 16.4 Å². The lowest BCUT2D eigenvalue weighted by molar-refractivity contribution is 0.766. The number of hydrogen-bond acceptors (Lipinski definition) is 0. The molecule has 1 saturated carbocycles. The molecule has 65 heavy (non-hydrogen) atoms. The summed E-state index contributed by atoms with van der Waals surface area (Å²) in [5, 5.41) is 2.54. The predicted molar refractivity (Wildman–Crippen MR) is 270 cm³/mol. The van der Waals surface area contributed by atoms with Crippen LogP contribution in [0, 0.1) is 0 Å². The van der Waals surface area contributed by atoms with Crippen LogP contribution in [0.25, 0.3) is 60.9 Å². The summed E-state index contributed by atoms with van der Waals surface area (Å²) < 4.78 is 2.41. The van der Waals surface area contributed by atoms with E-state index in [0.29, 0.717) is 17.8 Å². The topological polar surface area (TPSA) is 4.93 Å². The quantitative estimate of drug-likeness (QED) is 0.144. The van der Waals surface area contributed by atoms with E-state index in [1.165, 1.54) is 99.8 Å². The van der Waals surface area contributed by atoms with Crippen LogP contribution >= 0.6 is 0 Å². The zero-order valence-electron chi connectivity index (χ0n) is 35.9. The van der Waals surface area contributed by atoms with E-state index in [4.69, 9.17) is 0 Å². The van der Waals surface area contributed by atoms with Gasteiger partial charge in [-0.3, -0.25) is 0 Å². The first-order valence-electron chi connectivity index (χ1n) is 23.0. The van der Waals surface area contributed by atoms with E-state index in [-0.39, 0.29) is 0 Å². The molecule has 3 atom stereocenters. The molecule has 11 aromatic rings. The molecular formula is C64H45N. The third kappa shape index (κ3) is 5.93. The summed E-state index contributed by atoms with van der Waals surface area (Å²) in [6, 6.07) is 95.1. The first-order chi connectivity index (χ1) is 32.3. The Morgan fingerprint density at radius 2 is 0.800 bits per heavy atom. The molecule has 1 nitrogen and oxygen atoms in total. The molecule has 1 aromatic heterocycles. The maximum atomic E-state index is 2.59. The second kappa shape index (κ2) is 15.1. The van der Waals surface area contributed by atoms with Crippen LogP contribution in [0.3, 0.4) is 0 Å². The van der Waals surface area contributed by atoms with E-state index in [2.05, 4.69) is 259 Å². The predicted octanol–water partition coefficient (Wildman–Crippen LogP) is 16.1. The zero-order chi connectivity index (χ0) is 42.9. The Balaban J connectivity index is 0.940. The van der Waals surface area contributed by atoms with Gasteiger partial charge in [0, 0.05) is 16.5 Å². The standard InChI is InChI=1S/C64H45N/c1-5-18-43(19-6-1)46-20-17-21-48(40-46)62-61(45-34-32-44(33-35-45)47-36-39-56-55-29-14-16-31-59(55)65(60(56)42-47)52-26-11-4-12-27-52)63(62)49-37-38-54-53-28-13-15-30-57(53)64(58(54)41-49,50-22-7-2-8-23-50)51-24-9-3-10-25-51/h1-42,61-63H. The fourth-order valence-electron chi connectivity index (χ4n) is 11.7. The molecule has 0 bridgehead atoms. The third-order valence-electron chi connectivity index (χ3n) is 14.6. The molecule has 1 fully saturated rings. The Hall–Kier alpha value is -8.00. The van der Waals surface area contributed by atoms with Crippen molar-refractivity contribution in [3.8, 4) is 39.1 Å². The lowest BCUT2D eigenvalue weighted by atomic mass is 9.67. The van der Waals surface area contributed by atoms with Gasteiger partial charge in [0.2, 0.25) is 0 Å². The van der Waals surface area contributed by atoms with Crippen molar-refractivity contribution in [2.45, 2.75) is 23.2 Å². The smallest absolute Gasteiger partial charge is 0.0713 e. The van der Waals surface area contributed by atoms with Crippen molar-refractivity contribution in [3.05, 3.63) is 294 Å². The van der Waals surface area contributed by atoms with Gasteiger partial charge in [-0.05, 0) is 114 Å². The minimum atomic E-state index is -0.438. The lowest BCUT2D eigenvalue weighted by Gasteiger charge is -2.34. The number of benzene rings is 10. The van der Waals surface area contributed by atoms with Crippen molar-refractivity contribution in [3.63, 3.8) is 0 Å². The molecule has 0 amide bonds.